The molecule has 24 heteroatoms. The molecule has 0 bridgehead atoms. The van der Waals surface area contributed by atoms with Crippen LogP contribution in [0.4, 0.5) is 0 Å². The van der Waals surface area contributed by atoms with Gasteiger partial charge in [0.1, 0.15) is 52.9 Å². The van der Waals surface area contributed by atoms with Crippen LogP contribution in [0.15, 0.2) is 268 Å². The summed E-state index contributed by atoms with van der Waals surface area (Å²) in [6.45, 7) is 8.62. The van der Waals surface area contributed by atoms with Crippen LogP contribution in [-0.4, -0.2) is 105 Å². The third-order valence-corrected chi connectivity index (χ3v) is 18.7. The Bertz CT molecular complexity index is 4240. The molecule has 113 heavy (non-hydrogen) atoms. The van der Waals surface area contributed by atoms with Crippen LogP contribution in [0.3, 0.4) is 0 Å². The summed E-state index contributed by atoms with van der Waals surface area (Å²) < 4.78 is 56.5. The fourth-order valence-electron chi connectivity index (χ4n) is 13.3. The van der Waals surface area contributed by atoms with Gasteiger partial charge in [0.15, 0.2) is 122 Å². The van der Waals surface area contributed by atoms with Crippen molar-refractivity contribution in [2.75, 3.05) is 105 Å². The molecule has 592 valence electrons. The first-order valence-electron chi connectivity index (χ1n) is 37.2. The van der Waals surface area contributed by atoms with E-state index >= 15 is 0 Å². The monoisotopic (exact) mass is 1600 g/mol. The number of ether oxygens (including phenoxy) is 8. The summed E-state index contributed by atoms with van der Waals surface area (Å²) >= 11 is 0. The molecule has 4 heterocycles. The fourth-order valence-corrected chi connectivity index (χ4v) is 13.3. The zero-order valence-corrected chi connectivity index (χ0v) is 66.3. The van der Waals surface area contributed by atoms with E-state index in [1.54, 1.807) is 0 Å². The molecule has 4 aromatic heterocycles. The molecule has 0 aliphatic rings. The maximum atomic E-state index is 6.02. The summed E-state index contributed by atoms with van der Waals surface area (Å²) in [6.07, 6.45) is 16.9. The minimum absolute atomic E-state index is 0. The summed E-state index contributed by atoms with van der Waals surface area (Å²) in [5.74, 6) is 5.06. The van der Waals surface area contributed by atoms with E-state index in [-0.39, 0.29) is 49.6 Å². The van der Waals surface area contributed by atoms with E-state index in [0.717, 1.165) is 89.0 Å². The van der Waals surface area contributed by atoms with Crippen LogP contribution in [0.2, 0.25) is 0 Å². The maximum Gasteiger partial charge on any atom is 0.173 e. The normalized spacial score (nSPS) is 10.9. The van der Waals surface area contributed by atoms with Gasteiger partial charge in [0.25, 0.3) is 0 Å². The Labute approximate surface area is 687 Å². The van der Waals surface area contributed by atoms with Crippen molar-refractivity contribution in [3.8, 4) is 90.5 Å². The second-order valence-corrected chi connectivity index (χ2v) is 26.3. The molecule has 0 aliphatic heterocycles. The molecule has 0 unspecified atom stereocenters. The topological polar surface area (TPSA) is 298 Å². The lowest BCUT2D eigenvalue weighted by molar-refractivity contribution is -0.688. The van der Waals surface area contributed by atoms with Crippen LogP contribution in [0.1, 0.15) is 44.5 Å². The summed E-state index contributed by atoms with van der Waals surface area (Å²) in [4.78, 5) is 0. The van der Waals surface area contributed by atoms with E-state index in [4.69, 9.17) is 83.8 Å². The summed E-state index contributed by atoms with van der Waals surface area (Å²) in [7, 11) is 0. The lowest BCUT2D eigenvalue weighted by atomic mass is 9.65. The molecule has 0 saturated carbocycles. The highest BCUT2D eigenvalue weighted by molar-refractivity contribution is 5.70. The molecular formula is C89H100Cl4N12O8. The third-order valence-electron chi connectivity index (χ3n) is 18.7. The van der Waals surface area contributed by atoms with E-state index in [1.807, 2.05) is 72.8 Å². The molecule has 0 saturated heterocycles. The Morgan fingerprint density at radius 1 is 0.195 bits per heavy atom. The number of hydrogen-bond donors (Lipinski definition) is 8. The Morgan fingerprint density at radius 2 is 0.363 bits per heavy atom. The van der Waals surface area contributed by atoms with Gasteiger partial charge in [-0.3, -0.25) is 0 Å². The standard InChI is InChI=1S/C89H100N12O8.4ClH/c90-33-49-102-81-21-9-73(57-85(81)106-53-37-94)69-25-41-98(42-26-69)61-65-1-13-77(14-2-65)89(78-15-3-66(4-16-78)62-99-43-27-70(28-44-99)74-10-22-82(103-50-34-91)86(58-74)107-54-38-95,79-17-5-67(6-18-79)63-100-45-29-71(30-46-100)75-11-23-83(104-51-35-92)87(59-75)108-55-39-96)80-19-7-68(8-20-80)64-101-47-31-72(32-48-101)76-12-24-84(105-52-36-93)88(60-76)109-56-40-97;;;;/h1-32,41-48,57-60H,33-40,49-56,61-64,90-97H2;4*1H/q+4;;;;/p-4. The van der Waals surface area contributed by atoms with Gasteiger partial charge in [-0.05, 0) is 115 Å². The molecule has 0 radical (unpaired) electrons. The number of aromatic nitrogens is 4. The van der Waals surface area contributed by atoms with Crippen LogP contribution >= 0.6 is 0 Å². The number of rotatable bonds is 40. The molecule has 0 amide bonds. The van der Waals surface area contributed by atoms with E-state index < -0.39 is 5.41 Å². The third kappa shape index (κ3) is 22.9. The predicted octanol–water partition coefficient (Wildman–Crippen LogP) is -3.20. The number of halogens is 4. The van der Waals surface area contributed by atoms with Crippen molar-refractivity contribution in [1.29, 1.82) is 0 Å². The van der Waals surface area contributed by atoms with Crippen molar-refractivity contribution in [3.63, 3.8) is 0 Å². The van der Waals surface area contributed by atoms with Gasteiger partial charge in [0.2, 0.25) is 0 Å². The molecule has 0 spiro atoms. The van der Waals surface area contributed by atoms with Crippen molar-refractivity contribution < 1.29 is 106 Å². The highest BCUT2D eigenvalue weighted by Crippen LogP contribution is 2.46. The zero-order valence-electron chi connectivity index (χ0n) is 63.2. The van der Waals surface area contributed by atoms with Gasteiger partial charge in [0, 0.05) is 123 Å². The second kappa shape index (κ2) is 44.7. The van der Waals surface area contributed by atoms with Crippen molar-refractivity contribution in [2.45, 2.75) is 31.6 Å². The summed E-state index contributed by atoms with van der Waals surface area (Å²) in [5.41, 5.74) is 62.8. The highest BCUT2D eigenvalue weighted by atomic mass is 35.5. The maximum absolute atomic E-state index is 6.02. The lowest BCUT2D eigenvalue weighted by Crippen LogP contribution is -3.00. The number of benzene rings is 8. The van der Waals surface area contributed by atoms with Crippen molar-refractivity contribution in [1.82, 2.24) is 0 Å². The molecule has 12 rings (SSSR count). The van der Waals surface area contributed by atoms with Gasteiger partial charge in [-0.1, -0.05) is 121 Å². The van der Waals surface area contributed by atoms with E-state index in [2.05, 4.69) is 213 Å². The van der Waals surface area contributed by atoms with Crippen LogP contribution in [0.25, 0.3) is 44.5 Å². The number of hydrogen-bond acceptors (Lipinski definition) is 16. The number of nitrogens with two attached hydrogens (primary N) is 8. The van der Waals surface area contributed by atoms with Gasteiger partial charge in [-0.15, -0.1) is 0 Å². The first-order valence-corrected chi connectivity index (χ1v) is 37.2. The largest absolute Gasteiger partial charge is 1.00 e. The molecule has 20 nitrogen and oxygen atoms in total. The van der Waals surface area contributed by atoms with E-state index in [1.165, 1.54) is 0 Å². The van der Waals surface area contributed by atoms with Gasteiger partial charge in [-0.2, -0.15) is 0 Å². The average molecular weight is 1610 g/mol. The Morgan fingerprint density at radius 3 is 0.531 bits per heavy atom. The Kier molecular flexibility index (Phi) is 34.9. The first-order chi connectivity index (χ1) is 53.6. The summed E-state index contributed by atoms with van der Waals surface area (Å²) in [6, 6.07) is 77.4. The minimum atomic E-state index is -0.814. The molecule has 8 aromatic carbocycles. The Hall–Kier alpha value is -10.4. The van der Waals surface area contributed by atoms with Crippen LogP contribution in [-0.2, 0) is 31.6 Å². The molecule has 0 aliphatic carbocycles. The van der Waals surface area contributed by atoms with Crippen LogP contribution in [0, 0.1) is 0 Å². The van der Waals surface area contributed by atoms with Crippen molar-refractivity contribution in [2.24, 2.45) is 45.9 Å². The quantitative estimate of drug-likeness (QED) is 0.0139. The van der Waals surface area contributed by atoms with Crippen molar-refractivity contribution >= 4 is 0 Å². The molecule has 0 fully saturated rings. The number of pyridine rings is 4. The smallest absolute Gasteiger partial charge is 0.173 e. The molecule has 0 atom stereocenters. The van der Waals surface area contributed by atoms with Gasteiger partial charge in [0.05, 0.1) is 5.41 Å². The first kappa shape index (κ1) is 88.2. The van der Waals surface area contributed by atoms with Crippen molar-refractivity contribution in [3.05, 3.63) is 312 Å². The van der Waals surface area contributed by atoms with Gasteiger partial charge in [-0.25, -0.2) is 18.3 Å². The SMILES string of the molecule is NCCOc1ccc(-c2cc[n+](Cc3ccc(C(c4ccc(C[n+]5ccc(-c6ccc(OCCN)c(OCCN)c6)cc5)cc4)(c4ccc(C[n+]5ccc(-c6ccc(OCCN)c(OCCN)c6)cc5)cc4)c4ccc(C[n+]5ccc(-c6ccc(OCCN)c(OCCN)c6)cc5)cc4)cc3)cc2)cc1OCCN.[Cl-].[Cl-].[Cl-].[Cl-]. The van der Waals surface area contributed by atoms with Gasteiger partial charge >= 0.3 is 0 Å². The molecular weight excluding hydrogens is 1510 g/mol. The van der Waals surface area contributed by atoms with E-state index in [9.17, 15) is 0 Å². The van der Waals surface area contributed by atoms with Gasteiger partial charge < -0.3 is 133 Å². The highest BCUT2D eigenvalue weighted by Gasteiger charge is 2.39. The predicted molar refractivity (Wildman–Crippen MR) is 426 cm³/mol. The minimum Gasteiger partial charge on any atom is -1.00 e. The Balaban J connectivity index is 0.00000400. The zero-order chi connectivity index (χ0) is 75.6. The second-order valence-electron chi connectivity index (χ2n) is 26.3. The molecule has 12 aromatic rings. The number of nitrogens with zero attached hydrogens (tertiary/aromatic N) is 4. The van der Waals surface area contributed by atoms with Crippen LogP contribution < -0.4 is 152 Å². The lowest BCUT2D eigenvalue weighted by Gasteiger charge is -2.37. The van der Waals surface area contributed by atoms with Crippen LogP contribution in [0.5, 0.6) is 46.0 Å². The van der Waals surface area contributed by atoms with E-state index in [0.29, 0.717) is 177 Å². The average Bonchev–Trinajstić information content (AvgIpc) is 0.730. The molecule has 16 N–H and O–H groups in total. The summed E-state index contributed by atoms with van der Waals surface area (Å²) in [5, 5.41) is 0. The fraction of sp³-hybridized carbons (Fsp3) is 0.236.